The second kappa shape index (κ2) is 72.6. The molecule has 0 atom stereocenters. The smallest absolute Gasteiger partial charge is 0.870 e. The number of aromatic nitrogens is 12. The molecule has 0 fully saturated rings. The monoisotopic (exact) mass is 2140 g/mol. The molecule has 0 saturated heterocycles. The maximum absolute atomic E-state index is 9.44. The Labute approximate surface area is 842 Å². The largest absolute Gasteiger partial charge is 3.00 e. The number of halogens is 4. The zero-order valence-electron chi connectivity index (χ0n) is 77.3. The summed E-state index contributed by atoms with van der Waals surface area (Å²) in [5, 5.41) is 0. The Morgan fingerprint density at radius 2 is 0.243 bits per heavy atom. The van der Waals surface area contributed by atoms with Gasteiger partial charge in [-0.05, 0) is 256 Å². The summed E-state index contributed by atoms with van der Waals surface area (Å²) in [6.45, 7) is 39.7. The Bertz CT molecular complexity index is 4190. The van der Waals surface area contributed by atoms with Gasteiger partial charge in [0.25, 0.3) is 0 Å². The molecule has 12 heterocycles. The number of rotatable bonds is 24. The van der Waals surface area contributed by atoms with Gasteiger partial charge in [0.05, 0.1) is 68.3 Å². The van der Waals surface area contributed by atoms with E-state index in [-0.39, 0.29) is 99.4 Å². The maximum atomic E-state index is 9.44. The number of nitrogens with zero attached hydrogens (tertiary/aromatic N) is 16. The minimum Gasteiger partial charge on any atom is -0.870 e. The summed E-state index contributed by atoms with van der Waals surface area (Å²) in [6.07, 6.45) is 0. The third-order valence-corrected chi connectivity index (χ3v) is 16.0. The van der Waals surface area contributed by atoms with Gasteiger partial charge in [0.2, 0.25) is 0 Å². The van der Waals surface area contributed by atoms with E-state index in [0.717, 1.165) is 215 Å². The molecule has 4 N–H and O–H groups in total. The van der Waals surface area contributed by atoms with Gasteiger partial charge in [-0.1, -0.05) is 72.8 Å². The molecule has 0 saturated carbocycles. The molecule has 46 heteroatoms. The van der Waals surface area contributed by atoms with Crippen LogP contribution >= 0.6 is 0 Å². The van der Waals surface area contributed by atoms with Crippen LogP contribution in [0.2, 0.25) is 0 Å². The topological polar surface area (TPSA) is 691 Å². The van der Waals surface area contributed by atoms with Crippen molar-refractivity contribution in [1.82, 2.24) is 79.4 Å². The van der Waals surface area contributed by atoms with E-state index in [9.17, 15) is 9.59 Å². The van der Waals surface area contributed by atoms with E-state index in [2.05, 4.69) is 225 Å². The zero-order chi connectivity index (χ0) is 95.7. The van der Waals surface area contributed by atoms with Crippen LogP contribution in [0.15, 0.2) is 218 Å². The van der Waals surface area contributed by atoms with Crippen molar-refractivity contribution in [2.24, 2.45) is 0 Å². The van der Waals surface area contributed by atoms with Gasteiger partial charge in [0.1, 0.15) is 11.6 Å². The molecule has 136 heavy (non-hydrogen) atoms. The van der Waals surface area contributed by atoms with Crippen molar-refractivity contribution < 1.29 is 213 Å². The molecule has 38 nitrogen and oxygen atoms in total. The number of ketones is 2. The van der Waals surface area contributed by atoms with Gasteiger partial charge in [-0.25, -0.2) is 74.5 Å². The van der Waals surface area contributed by atoms with Gasteiger partial charge in [0.15, 0.2) is 0 Å². The average molecular weight is 2150 g/mol. The normalized spacial score (nSPS) is 10.3. The standard InChI is InChI=1S/4C21H24N4.2C3H6O.4ClHO4.4Ni.4H2O/c4*1-16-7-4-10-19(22-16)13-25(14-20-11-5-8-17(2)23-20)15-21-12-6-9-18(3)24-21;2*1-3(2)4;4*2-1(3,4)5;;;;;;;;/h4*4-12H,13-15H2,1-3H3;2*1-2H3;4*(H,2,3,4,5);;;;;4*1H2/q;;;;;;;;;;4*+3;;;;/p-8. The van der Waals surface area contributed by atoms with Gasteiger partial charge >= 0.3 is 66.0 Å². The molecule has 12 aromatic heterocycles. The van der Waals surface area contributed by atoms with Crippen LogP contribution in [0.3, 0.4) is 0 Å². The fourth-order valence-corrected chi connectivity index (χ4v) is 11.7. The predicted molar refractivity (Wildman–Crippen MR) is 440 cm³/mol. The number of Topliss-reactive ketones (excluding diaryl/α,β-unsaturated/α-hetero) is 2. The van der Waals surface area contributed by atoms with Crippen molar-refractivity contribution in [3.63, 3.8) is 0 Å². The van der Waals surface area contributed by atoms with E-state index < -0.39 is 41.0 Å². The van der Waals surface area contributed by atoms with Gasteiger partial charge in [-0.2, -0.15) is 0 Å². The number of aryl methyl sites for hydroxylation is 12. The summed E-state index contributed by atoms with van der Waals surface area (Å²) in [6, 6.07) is 74.0. The number of carbonyl (C=O) groups is 2. The molecule has 0 aliphatic rings. The molecule has 748 valence electrons. The summed E-state index contributed by atoms with van der Waals surface area (Å²) >= 11 is 0. The van der Waals surface area contributed by atoms with Gasteiger partial charge in [-0.3, -0.25) is 79.4 Å². The van der Waals surface area contributed by atoms with Crippen LogP contribution in [0, 0.1) is 124 Å². The molecular formula is C90H112Cl4N16Ni4O22+4. The summed E-state index contributed by atoms with van der Waals surface area (Å²) in [7, 11) is -19.8. The van der Waals surface area contributed by atoms with Crippen molar-refractivity contribution in [2.75, 3.05) is 0 Å². The minimum atomic E-state index is -4.94. The molecule has 0 aliphatic carbocycles. The maximum Gasteiger partial charge on any atom is 3.00 e. The van der Waals surface area contributed by atoms with E-state index in [1.54, 1.807) is 0 Å². The average Bonchev–Trinajstić information content (AvgIpc) is 0.871. The Kier molecular flexibility index (Phi) is 73.7. The van der Waals surface area contributed by atoms with Crippen LogP contribution in [0.5, 0.6) is 0 Å². The quantitative estimate of drug-likeness (QED) is 0.0562. The fraction of sp³-hybridized carbons (Fsp3) is 0.311. The molecule has 0 unspecified atom stereocenters. The number of carbonyl (C=O) groups excluding carboxylic acids is 2. The van der Waals surface area contributed by atoms with Crippen molar-refractivity contribution in [3.05, 3.63) is 355 Å². The van der Waals surface area contributed by atoms with Gasteiger partial charge in [0, 0.05) is 147 Å². The van der Waals surface area contributed by atoms with Gasteiger partial charge in [-0.15, -0.1) is 41.0 Å². The summed E-state index contributed by atoms with van der Waals surface area (Å²) in [5.41, 5.74) is 25.3. The van der Waals surface area contributed by atoms with E-state index in [1.807, 2.05) is 156 Å². The van der Waals surface area contributed by atoms with E-state index in [0.29, 0.717) is 0 Å². The Balaban J connectivity index is -0.000000371. The summed E-state index contributed by atoms with van der Waals surface area (Å²) in [5.74, 6) is 0.333. The van der Waals surface area contributed by atoms with E-state index >= 15 is 0 Å². The molecule has 4 radical (unpaired) electrons. The van der Waals surface area contributed by atoms with Crippen LogP contribution in [0.25, 0.3) is 0 Å². The fourth-order valence-electron chi connectivity index (χ4n) is 11.7. The van der Waals surface area contributed by atoms with E-state index in [1.165, 1.54) is 27.7 Å². The summed E-state index contributed by atoms with van der Waals surface area (Å²) in [4.78, 5) is 84.0. The van der Waals surface area contributed by atoms with Gasteiger partial charge < -0.3 is 31.5 Å². The Morgan fingerprint density at radius 3 is 0.294 bits per heavy atom. The molecule has 12 aromatic rings. The first-order valence-corrected chi connectivity index (χ1v) is 44.1. The third kappa shape index (κ3) is 76.3. The molecule has 0 aromatic carbocycles. The Morgan fingerprint density at radius 1 is 0.184 bits per heavy atom. The van der Waals surface area contributed by atoms with Crippen LogP contribution < -0.4 is 74.5 Å². The molecule has 0 spiro atoms. The van der Waals surface area contributed by atoms with Crippen molar-refractivity contribution in [3.8, 4) is 0 Å². The van der Waals surface area contributed by atoms with E-state index in [4.69, 9.17) is 74.5 Å². The van der Waals surface area contributed by atoms with Crippen molar-refractivity contribution in [2.45, 2.75) is 189 Å². The molecule has 0 aliphatic heterocycles. The van der Waals surface area contributed by atoms with Crippen LogP contribution in [-0.4, -0.2) is 113 Å². The molecular weight excluding hydrogens is 2030 g/mol. The van der Waals surface area contributed by atoms with Crippen LogP contribution in [0.4, 0.5) is 0 Å². The molecule has 0 amide bonds. The molecule has 12 rings (SSSR count). The number of hydrogen-bond donors (Lipinski definition) is 0. The first kappa shape index (κ1) is 138. The number of pyridine rings is 12. The SMILES string of the molecule is CC(C)=O.CC(C)=O.Cc1cccc(CN(Cc2cccc(C)n2)Cc2cccc(C)n2)n1.Cc1cccc(CN(Cc2cccc(C)n2)Cc2cccc(C)n2)n1.Cc1cccc(CN(Cc2cccc(C)n2)Cc2cccc(C)n2)n1.Cc1cccc(CN(Cc2cccc(C)n2)Cc2cccc(C)n2)n1.[Ni+3].[Ni+3].[Ni+3].[Ni+3].[O-][Cl+3]([O-])([O-])[O-].[O-][Cl+3]([O-])([O-])[O-].[O-][Cl+3]([O-])([O-])[O-].[O-][Cl+3]([O-])([O-])[O-].[OH-].[OH-].[OH-].[OH-]. The first-order valence-electron chi connectivity index (χ1n) is 39.2. The minimum absolute atomic E-state index is 0. The van der Waals surface area contributed by atoms with Crippen molar-refractivity contribution in [1.29, 1.82) is 0 Å². The first-order chi connectivity index (χ1) is 59.8. The Hall–Kier alpha value is -8.69. The summed E-state index contributed by atoms with van der Waals surface area (Å²) < 4.78 is 136. The van der Waals surface area contributed by atoms with Crippen LogP contribution in [0.1, 0.15) is 164 Å². The second-order valence-electron chi connectivity index (χ2n) is 29.2. The predicted octanol–water partition coefficient (Wildman–Crippen LogP) is -2.55. The van der Waals surface area contributed by atoms with Crippen molar-refractivity contribution >= 4 is 11.6 Å². The number of hydrogen-bond acceptors (Lipinski definition) is 38. The van der Waals surface area contributed by atoms with Crippen LogP contribution in [-0.2, 0) is 154 Å². The zero-order valence-corrected chi connectivity index (χ0v) is 84.3. The second-order valence-corrected chi connectivity index (χ2v) is 32.2. The third-order valence-electron chi connectivity index (χ3n) is 16.0. The molecule has 0 bridgehead atoms.